The van der Waals surface area contributed by atoms with Crippen LogP contribution in [-0.2, 0) is 11.0 Å². The van der Waals surface area contributed by atoms with Crippen molar-refractivity contribution in [3.63, 3.8) is 0 Å². The Hall–Kier alpha value is -3.82. The van der Waals surface area contributed by atoms with Crippen LogP contribution in [0.4, 0.5) is 28.9 Å². The molecule has 1 aromatic heterocycles. The molecule has 2 amide bonds. The van der Waals surface area contributed by atoms with E-state index in [9.17, 15) is 27.2 Å². The molecule has 0 unspecified atom stereocenters. The minimum atomic E-state index is -4.82. The van der Waals surface area contributed by atoms with E-state index in [-0.39, 0.29) is 17.2 Å². The SMILES string of the molecule is CC(C)(Oc1ccc(F)cc1)C(=O)Nc1ccc(NC(=O)c2ccco2)cc1C(F)(F)F. The number of carbonyl (C=O) groups is 2. The third kappa shape index (κ3) is 5.45. The largest absolute Gasteiger partial charge is 0.478 e. The Morgan fingerprint density at radius 2 is 1.66 bits per heavy atom. The Morgan fingerprint density at radius 1 is 0.969 bits per heavy atom. The first-order valence-corrected chi connectivity index (χ1v) is 9.28. The van der Waals surface area contributed by atoms with Crippen molar-refractivity contribution in [2.24, 2.45) is 0 Å². The number of benzene rings is 2. The molecule has 10 heteroatoms. The van der Waals surface area contributed by atoms with Gasteiger partial charge in [0, 0.05) is 5.69 Å². The third-order valence-electron chi connectivity index (χ3n) is 4.31. The van der Waals surface area contributed by atoms with Crippen LogP contribution in [0.3, 0.4) is 0 Å². The molecule has 0 saturated carbocycles. The first-order valence-electron chi connectivity index (χ1n) is 9.28. The van der Waals surface area contributed by atoms with Crippen LogP contribution >= 0.6 is 0 Å². The summed E-state index contributed by atoms with van der Waals surface area (Å²) in [7, 11) is 0. The van der Waals surface area contributed by atoms with E-state index in [1.54, 1.807) is 0 Å². The van der Waals surface area contributed by atoms with Gasteiger partial charge in [0.05, 0.1) is 17.5 Å². The smallest absolute Gasteiger partial charge is 0.418 e. The Labute approximate surface area is 180 Å². The molecule has 0 atom stereocenters. The monoisotopic (exact) mass is 450 g/mol. The van der Waals surface area contributed by atoms with Crippen molar-refractivity contribution in [1.29, 1.82) is 0 Å². The molecule has 0 aliphatic rings. The molecule has 0 saturated heterocycles. The van der Waals surface area contributed by atoms with Crippen molar-refractivity contribution in [3.05, 3.63) is 78.0 Å². The first kappa shape index (κ1) is 22.9. The number of anilines is 2. The summed E-state index contributed by atoms with van der Waals surface area (Å²) >= 11 is 0. The van der Waals surface area contributed by atoms with E-state index in [1.807, 2.05) is 0 Å². The highest BCUT2D eigenvalue weighted by Gasteiger charge is 2.37. The van der Waals surface area contributed by atoms with Crippen LogP contribution in [0.15, 0.2) is 65.3 Å². The average Bonchev–Trinajstić information content (AvgIpc) is 3.25. The zero-order valence-electron chi connectivity index (χ0n) is 16.9. The quantitative estimate of drug-likeness (QED) is 0.487. The van der Waals surface area contributed by atoms with Crippen molar-refractivity contribution < 1.29 is 36.3 Å². The number of amides is 2. The van der Waals surface area contributed by atoms with Crippen LogP contribution in [-0.4, -0.2) is 17.4 Å². The van der Waals surface area contributed by atoms with E-state index >= 15 is 0 Å². The molecule has 2 aromatic carbocycles. The van der Waals surface area contributed by atoms with Crippen molar-refractivity contribution in [1.82, 2.24) is 0 Å². The molecule has 0 fully saturated rings. The zero-order chi connectivity index (χ0) is 23.5. The van der Waals surface area contributed by atoms with Crippen molar-refractivity contribution >= 4 is 23.2 Å². The van der Waals surface area contributed by atoms with Crippen molar-refractivity contribution in [3.8, 4) is 5.75 Å². The van der Waals surface area contributed by atoms with Gasteiger partial charge in [0.1, 0.15) is 11.6 Å². The van der Waals surface area contributed by atoms with Gasteiger partial charge in [-0.3, -0.25) is 9.59 Å². The summed E-state index contributed by atoms with van der Waals surface area (Å²) in [6.07, 6.45) is -3.57. The number of rotatable bonds is 6. The summed E-state index contributed by atoms with van der Waals surface area (Å²) in [5.41, 5.74) is -3.40. The lowest BCUT2D eigenvalue weighted by Gasteiger charge is -2.26. The van der Waals surface area contributed by atoms with Gasteiger partial charge in [0.25, 0.3) is 11.8 Å². The van der Waals surface area contributed by atoms with Gasteiger partial charge >= 0.3 is 6.18 Å². The van der Waals surface area contributed by atoms with Gasteiger partial charge in [-0.15, -0.1) is 0 Å². The summed E-state index contributed by atoms with van der Waals surface area (Å²) in [5.74, 6) is -2.00. The number of halogens is 4. The van der Waals surface area contributed by atoms with Gasteiger partial charge < -0.3 is 19.8 Å². The van der Waals surface area contributed by atoms with Crippen LogP contribution in [0.2, 0.25) is 0 Å². The maximum absolute atomic E-state index is 13.6. The van der Waals surface area contributed by atoms with E-state index in [0.717, 1.165) is 18.2 Å². The number of furan rings is 1. The molecule has 3 rings (SSSR count). The van der Waals surface area contributed by atoms with E-state index in [1.165, 1.54) is 50.4 Å². The highest BCUT2D eigenvalue weighted by Crippen LogP contribution is 2.37. The van der Waals surface area contributed by atoms with E-state index < -0.39 is 40.7 Å². The third-order valence-corrected chi connectivity index (χ3v) is 4.31. The second-order valence-corrected chi connectivity index (χ2v) is 7.21. The Morgan fingerprint density at radius 3 is 2.25 bits per heavy atom. The highest BCUT2D eigenvalue weighted by molar-refractivity contribution is 6.03. The lowest BCUT2D eigenvalue weighted by molar-refractivity contribution is -0.137. The van der Waals surface area contributed by atoms with E-state index in [0.29, 0.717) is 6.07 Å². The number of hydrogen-bond donors (Lipinski definition) is 2. The summed E-state index contributed by atoms with van der Waals surface area (Å²) in [6, 6.07) is 10.6. The van der Waals surface area contributed by atoms with Gasteiger partial charge in [-0.1, -0.05) is 0 Å². The van der Waals surface area contributed by atoms with Gasteiger partial charge in [-0.25, -0.2) is 4.39 Å². The number of ether oxygens (including phenoxy) is 1. The Bertz CT molecular complexity index is 1110. The molecule has 1 heterocycles. The summed E-state index contributed by atoms with van der Waals surface area (Å²) in [4.78, 5) is 24.7. The molecule has 0 bridgehead atoms. The summed E-state index contributed by atoms with van der Waals surface area (Å²) < 4.78 is 64.3. The van der Waals surface area contributed by atoms with Gasteiger partial charge in [-0.2, -0.15) is 13.2 Å². The predicted molar refractivity (Wildman–Crippen MR) is 108 cm³/mol. The van der Waals surface area contributed by atoms with E-state index in [4.69, 9.17) is 9.15 Å². The maximum atomic E-state index is 13.6. The minimum absolute atomic E-state index is 0.0735. The second-order valence-electron chi connectivity index (χ2n) is 7.21. The molecule has 32 heavy (non-hydrogen) atoms. The van der Waals surface area contributed by atoms with Crippen molar-refractivity contribution in [2.45, 2.75) is 25.6 Å². The van der Waals surface area contributed by atoms with Gasteiger partial charge in [-0.05, 0) is 68.4 Å². The molecule has 2 N–H and O–H groups in total. The van der Waals surface area contributed by atoms with Crippen LogP contribution in [0.1, 0.15) is 30.0 Å². The average molecular weight is 450 g/mol. The molecule has 0 aliphatic heterocycles. The number of hydrogen-bond acceptors (Lipinski definition) is 4. The number of nitrogens with one attached hydrogen (secondary N) is 2. The van der Waals surface area contributed by atoms with Crippen molar-refractivity contribution in [2.75, 3.05) is 10.6 Å². The fourth-order valence-corrected chi connectivity index (χ4v) is 2.68. The molecule has 168 valence electrons. The molecular formula is C22H18F4N2O4. The number of carbonyl (C=O) groups excluding carboxylic acids is 2. The lowest BCUT2D eigenvalue weighted by atomic mass is 10.1. The second kappa shape index (κ2) is 8.74. The fourth-order valence-electron chi connectivity index (χ4n) is 2.68. The van der Waals surface area contributed by atoms with Gasteiger partial charge in [0.2, 0.25) is 0 Å². The molecular weight excluding hydrogens is 432 g/mol. The number of alkyl halides is 3. The topological polar surface area (TPSA) is 80.6 Å². The Kier molecular flexibility index (Phi) is 6.24. The molecule has 3 aromatic rings. The van der Waals surface area contributed by atoms with Crippen LogP contribution in [0, 0.1) is 5.82 Å². The summed E-state index contributed by atoms with van der Waals surface area (Å²) in [6.45, 7) is 2.72. The highest BCUT2D eigenvalue weighted by atomic mass is 19.4. The maximum Gasteiger partial charge on any atom is 0.418 e. The predicted octanol–water partition coefficient (Wildman–Crippen LogP) is 5.49. The fraction of sp³-hybridized carbons (Fsp3) is 0.182. The van der Waals surface area contributed by atoms with E-state index in [2.05, 4.69) is 10.6 Å². The first-order chi connectivity index (χ1) is 15.0. The van der Waals surface area contributed by atoms with Gasteiger partial charge in [0.15, 0.2) is 11.4 Å². The Balaban J connectivity index is 1.80. The minimum Gasteiger partial charge on any atom is -0.478 e. The molecule has 0 aliphatic carbocycles. The summed E-state index contributed by atoms with van der Waals surface area (Å²) in [5, 5.41) is 4.51. The van der Waals surface area contributed by atoms with Crippen LogP contribution < -0.4 is 15.4 Å². The van der Waals surface area contributed by atoms with Crippen LogP contribution in [0.5, 0.6) is 5.75 Å². The standard InChI is InChI=1S/C22H18F4N2O4/c1-21(2,32-15-8-5-13(23)6-9-15)20(30)28-17-10-7-14(12-16(17)22(24,25)26)27-19(29)18-4-3-11-31-18/h3-12H,1-2H3,(H,27,29)(H,28,30). The molecule has 6 nitrogen and oxygen atoms in total. The lowest BCUT2D eigenvalue weighted by Crippen LogP contribution is -2.42. The normalized spacial score (nSPS) is 11.7. The molecule has 0 spiro atoms. The van der Waals surface area contributed by atoms with Crippen LogP contribution in [0.25, 0.3) is 0 Å². The molecule has 0 radical (unpaired) electrons. The zero-order valence-corrected chi connectivity index (χ0v) is 16.9.